The average molecular weight is 493 g/mol. The smallest absolute Gasteiger partial charge is 0.243 e. The van der Waals surface area contributed by atoms with Crippen LogP contribution in [-0.2, 0) is 21.4 Å². The van der Waals surface area contributed by atoms with Crippen LogP contribution in [0.4, 0.5) is 5.69 Å². The van der Waals surface area contributed by atoms with Crippen LogP contribution in [0.3, 0.4) is 0 Å². The second-order valence-electron chi connectivity index (χ2n) is 6.89. The molecular weight excluding hydrogens is 468 g/mol. The molecule has 0 aliphatic heterocycles. The van der Waals surface area contributed by atoms with Crippen molar-refractivity contribution in [1.82, 2.24) is 13.9 Å². The van der Waals surface area contributed by atoms with Gasteiger partial charge in [0.25, 0.3) is 0 Å². The van der Waals surface area contributed by atoms with Crippen molar-refractivity contribution >= 4 is 45.0 Å². The van der Waals surface area contributed by atoms with Crippen molar-refractivity contribution in [1.29, 1.82) is 0 Å². The van der Waals surface area contributed by atoms with Crippen LogP contribution in [0.25, 0.3) is 0 Å². The number of halogens is 1. The molecule has 170 valence electrons. The number of nitrogens with one attached hydrogen (secondary N) is 1. The largest absolute Gasteiger partial charge is 0.324 e. The van der Waals surface area contributed by atoms with Crippen LogP contribution in [0.5, 0.6) is 0 Å². The van der Waals surface area contributed by atoms with E-state index in [9.17, 15) is 13.2 Å². The summed E-state index contributed by atoms with van der Waals surface area (Å²) in [7, 11) is -3.65. The fourth-order valence-corrected chi connectivity index (χ4v) is 5.53. The summed E-state index contributed by atoms with van der Waals surface area (Å²) in [5, 5.41) is 3.70. The Morgan fingerprint density at radius 3 is 2.56 bits per heavy atom. The average Bonchev–Trinajstić information content (AvgIpc) is 3.22. The first-order valence-corrected chi connectivity index (χ1v) is 12.9. The molecule has 0 aliphatic carbocycles. The first-order valence-electron chi connectivity index (χ1n) is 10.1. The maximum atomic E-state index is 12.8. The number of hydrogen-bond donors (Lipinski definition) is 1. The number of thioether (sulfide) groups is 1. The lowest BCUT2D eigenvalue weighted by Gasteiger charge is -2.19. The standard InChI is InChI=1S/C22H25ClN4O3S2/c1-3-27(4-2)32(29,30)18-10-11-19(23)20(14-18)25-21(28)16-31-22-24-12-13-26(22)15-17-8-6-5-7-9-17/h5-14H,3-4,15-16H2,1-2H3,(H,25,28). The molecule has 1 aromatic heterocycles. The van der Waals surface area contributed by atoms with Crippen molar-refractivity contribution in [2.75, 3.05) is 24.2 Å². The van der Waals surface area contributed by atoms with Crippen molar-refractivity contribution in [2.45, 2.75) is 30.4 Å². The van der Waals surface area contributed by atoms with Gasteiger partial charge in [0.1, 0.15) is 0 Å². The molecule has 0 fully saturated rings. The number of imidazole rings is 1. The van der Waals surface area contributed by atoms with Gasteiger partial charge < -0.3 is 9.88 Å². The van der Waals surface area contributed by atoms with Gasteiger partial charge in [-0.2, -0.15) is 4.31 Å². The minimum Gasteiger partial charge on any atom is -0.324 e. The Kier molecular flexibility index (Phi) is 8.36. The van der Waals surface area contributed by atoms with E-state index in [-0.39, 0.29) is 27.3 Å². The Morgan fingerprint density at radius 1 is 1.16 bits per heavy atom. The number of carbonyl (C=O) groups excluding carboxylic acids is 1. The number of carbonyl (C=O) groups is 1. The lowest BCUT2D eigenvalue weighted by molar-refractivity contribution is -0.113. The van der Waals surface area contributed by atoms with Crippen LogP contribution in [0.1, 0.15) is 19.4 Å². The Bertz CT molecular complexity index is 1160. The normalized spacial score (nSPS) is 11.6. The highest BCUT2D eigenvalue weighted by molar-refractivity contribution is 7.99. The SMILES string of the molecule is CCN(CC)S(=O)(=O)c1ccc(Cl)c(NC(=O)CSc2nccn2Cc2ccccc2)c1. The minimum atomic E-state index is -3.65. The van der Waals surface area contributed by atoms with Gasteiger partial charge in [-0.1, -0.05) is 67.5 Å². The number of benzene rings is 2. The van der Waals surface area contributed by atoms with Gasteiger partial charge >= 0.3 is 0 Å². The summed E-state index contributed by atoms with van der Waals surface area (Å²) in [5.74, 6) is -0.196. The molecule has 10 heteroatoms. The number of nitrogens with zero attached hydrogens (tertiary/aromatic N) is 3. The predicted molar refractivity (Wildman–Crippen MR) is 129 cm³/mol. The van der Waals surface area contributed by atoms with E-state index in [1.165, 1.54) is 34.3 Å². The Balaban J connectivity index is 1.67. The first-order chi connectivity index (χ1) is 15.3. The molecule has 0 saturated carbocycles. The lowest BCUT2D eigenvalue weighted by Crippen LogP contribution is -2.30. The number of hydrogen-bond acceptors (Lipinski definition) is 5. The highest BCUT2D eigenvalue weighted by Gasteiger charge is 2.23. The van der Waals surface area contributed by atoms with E-state index in [1.807, 2.05) is 41.1 Å². The molecule has 1 amide bonds. The van der Waals surface area contributed by atoms with E-state index < -0.39 is 10.0 Å². The number of rotatable bonds is 10. The molecular formula is C22H25ClN4O3S2. The van der Waals surface area contributed by atoms with Gasteiger partial charge in [0.15, 0.2) is 5.16 Å². The van der Waals surface area contributed by atoms with Crippen LogP contribution >= 0.6 is 23.4 Å². The van der Waals surface area contributed by atoms with Crippen molar-refractivity contribution in [3.05, 3.63) is 71.5 Å². The van der Waals surface area contributed by atoms with Crippen molar-refractivity contribution in [3.8, 4) is 0 Å². The second-order valence-corrected chi connectivity index (χ2v) is 10.2. The molecule has 0 aliphatic rings. The maximum absolute atomic E-state index is 12.8. The maximum Gasteiger partial charge on any atom is 0.243 e. The van der Waals surface area contributed by atoms with E-state index in [1.54, 1.807) is 20.0 Å². The van der Waals surface area contributed by atoms with Crippen LogP contribution in [0.2, 0.25) is 5.02 Å². The zero-order valence-electron chi connectivity index (χ0n) is 17.9. The third-order valence-corrected chi connectivity index (χ3v) is 8.14. The van der Waals surface area contributed by atoms with Gasteiger partial charge in [-0.3, -0.25) is 4.79 Å². The van der Waals surface area contributed by atoms with Gasteiger partial charge in [-0.15, -0.1) is 0 Å². The molecule has 1 heterocycles. The van der Waals surface area contributed by atoms with E-state index in [0.717, 1.165) is 5.56 Å². The number of sulfonamides is 1. The summed E-state index contributed by atoms with van der Waals surface area (Å²) in [6.07, 6.45) is 3.56. The molecule has 0 bridgehead atoms. The second kappa shape index (κ2) is 11.0. The lowest BCUT2D eigenvalue weighted by atomic mass is 10.2. The Labute approximate surface area is 197 Å². The van der Waals surface area contributed by atoms with E-state index in [4.69, 9.17) is 11.6 Å². The van der Waals surface area contributed by atoms with Gasteiger partial charge in [0.05, 0.1) is 21.4 Å². The first kappa shape index (κ1) is 24.3. The van der Waals surface area contributed by atoms with Crippen LogP contribution in [-0.4, -0.2) is 47.0 Å². The third-order valence-electron chi connectivity index (χ3n) is 4.76. The molecule has 1 N–H and O–H groups in total. The molecule has 0 spiro atoms. The van der Waals surface area contributed by atoms with Crippen LogP contribution in [0.15, 0.2) is 71.0 Å². The summed E-state index contributed by atoms with van der Waals surface area (Å²) in [6.45, 7) is 4.92. The number of anilines is 1. The monoisotopic (exact) mass is 492 g/mol. The zero-order chi connectivity index (χ0) is 23.1. The van der Waals surface area contributed by atoms with E-state index >= 15 is 0 Å². The third kappa shape index (κ3) is 5.92. The van der Waals surface area contributed by atoms with Gasteiger partial charge in [-0.25, -0.2) is 13.4 Å². The van der Waals surface area contributed by atoms with Gasteiger partial charge in [0.2, 0.25) is 15.9 Å². The highest BCUT2D eigenvalue weighted by atomic mass is 35.5. The summed E-state index contributed by atoms with van der Waals surface area (Å²) in [6, 6.07) is 14.3. The molecule has 3 rings (SSSR count). The number of aromatic nitrogens is 2. The minimum absolute atomic E-state index is 0.0898. The van der Waals surface area contributed by atoms with E-state index in [2.05, 4.69) is 10.3 Å². The summed E-state index contributed by atoms with van der Waals surface area (Å²) in [4.78, 5) is 17.0. The fourth-order valence-electron chi connectivity index (χ4n) is 3.13. The molecule has 7 nitrogen and oxygen atoms in total. The Morgan fingerprint density at radius 2 is 1.88 bits per heavy atom. The molecule has 2 aromatic carbocycles. The van der Waals surface area contributed by atoms with Crippen LogP contribution < -0.4 is 5.32 Å². The molecule has 0 radical (unpaired) electrons. The van der Waals surface area contributed by atoms with Gasteiger partial charge in [0, 0.05) is 32.0 Å². The van der Waals surface area contributed by atoms with E-state index in [0.29, 0.717) is 24.8 Å². The van der Waals surface area contributed by atoms with Crippen LogP contribution in [0, 0.1) is 0 Å². The molecule has 0 unspecified atom stereocenters. The zero-order valence-corrected chi connectivity index (χ0v) is 20.3. The predicted octanol–water partition coefficient (Wildman–Crippen LogP) is 4.35. The molecule has 0 saturated heterocycles. The van der Waals surface area contributed by atoms with Crippen molar-refractivity contribution in [3.63, 3.8) is 0 Å². The highest BCUT2D eigenvalue weighted by Crippen LogP contribution is 2.27. The summed E-state index contributed by atoms with van der Waals surface area (Å²) >= 11 is 7.50. The summed E-state index contributed by atoms with van der Waals surface area (Å²) in [5.41, 5.74) is 1.40. The van der Waals surface area contributed by atoms with Crippen molar-refractivity contribution < 1.29 is 13.2 Å². The topological polar surface area (TPSA) is 84.3 Å². The molecule has 3 aromatic rings. The molecule has 32 heavy (non-hydrogen) atoms. The quantitative estimate of drug-likeness (QED) is 0.425. The summed E-state index contributed by atoms with van der Waals surface area (Å²) < 4.78 is 28.9. The molecule has 0 atom stereocenters. The van der Waals surface area contributed by atoms with Gasteiger partial charge in [-0.05, 0) is 23.8 Å². The fraction of sp³-hybridized carbons (Fsp3) is 0.273. The van der Waals surface area contributed by atoms with Crippen molar-refractivity contribution in [2.24, 2.45) is 0 Å². The Hall–Kier alpha value is -2.33. The number of amides is 1.